The van der Waals surface area contributed by atoms with E-state index >= 15 is 0 Å². The van der Waals surface area contributed by atoms with Crippen LogP contribution in [0.3, 0.4) is 0 Å². The number of nitrogens with zero attached hydrogens (tertiary/aromatic N) is 3. The minimum Gasteiger partial charge on any atom is -0.495 e. The minimum atomic E-state index is -4.55. The second-order valence-electron chi connectivity index (χ2n) is 8.57. The van der Waals surface area contributed by atoms with E-state index in [4.69, 9.17) is 9.47 Å². The molecular weight excluding hydrogens is 481 g/mol. The number of anilines is 2. The first-order chi connectivity index (χ1) is 16.9. The summed E-state index contributed by atoms with van der Waals surface area (Å²) in [5.74, 6) is -0.434. The Bertz CT molecular complexity index is 1360. The second-order valence-corrected chi connectivity index (χ2v) is 8.57. The molecule has 4 rings (SSSR count). The van der Waals surface area contributed by atoms with E-state index < -0.39 is 28.7 Å². The van der Waals surface area contributed by atoms with E-state index in [1.807, 2.05) is 0 Å². The van der Waals surface area contributed by atoms with Gasteiger partial charge in [-0.05, 0) is 56.5 Å². The molecule has 2 N–H and O–H groups in total. The maximum Gasteiger partial charge on any atom is 0.416 e. The summed E-state index contributed by atoms with van der Waals surface area (Å²) in [6.45, 7) is 3.47. The van der Waals surface area contributed by atoms with Crippen LogP contribution in [0, 0.1) is 19.3 Å². The number of halogens is 3. The Balaban J connectivity index is 1.62. The van der Waals surface area contributed by atoms with Crippen LogP contribution in [0.4, 0.5) is 24.7 Å². The first-order valence-electron chi connectivity index (χ1n) is 10.9. The molecule has 36 heavy (non-hydrogen) atoms. The summed E-state index contributed by atoms with van der Waals surface area (Å²) in [5.41, 5.74) is -1.10. The molecule has 3 aromatic rings. The van der Waals surface area contributed by atoms with Gasteiger partial charge in [0.15, 0.2) is 5.82 Å². The van der Waals surface area contributed by atoms with Crippen molar-refractivity contribution in [3.63, 3.8) is 0 Å². The maximum atomic E-state index is 13.1. The first kappa shape index (κ1) is 25.0. The fraction of sp³-hybridized carbons (Fsp3) is 0.333. The van der Waals surface area contributed by atoms with Crippen LogP contribution in [0.15, 0.2) is 41.5 Å². The Morgan fingerprint density at radius 1 is 1.25 bits per heavy atom. The summed E-state index contributed by atoms with van der Waals surface area (Å²) in [7, 11) is 1.22. The number of aryl methyl sites for hydroxylation is 2. The number of aliphatic carboxylic acids is 1. The molecular formula is C24H23F3N4O5. The highest BCUT2D eigenvalue weighted by Gasteiger charge is 2.51. The van der Waals surface area contributed by atoms with Crippen molar-refractivity contribution in [2.75, 3.05) is 19.0 Å². The van der Waals surface area contributed by atoms with Crippen molar-refractivity contribution in [3.05, 3.63) is 63.8 Å². The van der Waals surface area contributed by atoms with E-state index in [2.05, 4.69) is 15.3 Å². The van der Waals surface area contributed by atoms with E-state index in [1.54, 1.807) is 19.9 Å². The Hall–Kier alpha value is -4.09. The zero-order chi connectivity index (χ0) is 26.3. The summed E-state index contributed by atoms with van der Waals surface area (Å²) < 4.78 is 51.1. The number of hydrogen-bond donors (Lipinski definition) is 2. The average molecular weight is 504 g/mol. The van der Waals surface area contributed by atoms with Crippen LogP contribution in [0.25, 0.3) is 5.82 Å². The van der Waals surface area contributed by atoms with Gasteiger partial charge in [0.2, 0.25) is 0 Å². The molecule has 0 saturated heterocycles. The topological polar surface area (TPSA) is 116 Å². The largest absolute Gasteiger partial charge is 0.495 e. The Morgan fingerprint density at radius 3 is 2.56 bits per heavy atom. The molecule has 2 aromatic heterocycles. The zero-order valence-electron chi connectivity index (χ0n) is 19.6. The van der Waals surface area contributed by atoms with Crippen molar-refractivity contribution in [2.45, 2.75) is 32.9 Å². The highest BCUT2D eigenvalue weighted by Crippen LogP contribution is 2.46. The predicted octanol–water partition coefficient (Wildman–Crippen LogP) is 4.26. The van der Waals surface area contributed by atoms with Crippen molar-refractivity contribution in [1.29, 1.82) is 0 Å². The summed E-state index contributed by atoms with van der Waals surface area (Å²) in [5, 5.41) is 12.1. The molecule has 1 saturated carbocycles. The lowest BCUT2D eigenvalue weighted by atomic mass is 10.1. The molecule has 12 heteroatoms. The summed E-state index contributed by atoms with van der Waals surface area (Å²) in [6.07, 6.45) is -0.688. The highest BCUT2D eigenvalue weighted by molar-refractivity contribution is 5.78. The van der Waals surface area contributed by atoms with Crippen LogP contribution in [-0.4, -0.2) is 39.3 Å². The SMILES string of the molecule is COc1cc(C(F)(F)F)ccc1Nc1nccn(-c2cc(C)c(OCC3(C(=O)O)CC3)c(C)n2)c1=O. The third-order valence-electron chi connectivity index (χ3n) is 5.98. The van der Waals surface area contributed by atoms with Crippen LogP contribution in [-0.2, 0) is 11.0 Å². The number of carboxylic acid groups (broad SMARTS) is 1. The lowest BCUT2D eigenvalue weighted by Gasteiger charge is -2.17. The van der Waals surface area contributed by atoms with Crippen molar-refractivity contribution >= 4 is 17.5 Å². The van der Waals surface area contributed by atoms with Gasteiger partial charge in [-0.2, -0.15) is 13.2 Å². The number of methoxy groups -OCH3 is 1. The van der Waals surface area contributed by atoms with Crippen LogP contribution in [0.1, 0.15) is 29.7 Å². The van der Waals surface area contributed by atoms with Crippen molar-refractivity contribution in [1.82, 2.24) is 14.5 Å². The van der Waals surface area contributed by atoms with Crippen LogP contribution in [0.5, 0.6) is 11.5 Å². The summed E-state index contributed by atoms with van der Waals surface area (Å²) in [4.78, 5) is 33.0. The third-order valence-corrected chi connectivity index (χ3v) is 5.98. The minimum absolute atomic E-state index is 0.0310. The average Bonchev–Trinajstić information content (AvgIpc) is 3.60. The molecule has 1 aliphatic rings. The lowest BCUT2D eigenvalue weighted by Crippen LogP contribution is -2.24. The van der Waals surface area contributed by atoms with Gasteiger partial charge in [0.1, 0.15) is 29.3 Å². The van der Waals surface area contributed by atoms with Gasteiger partial charge in [-0.25, -0.2) is 9.97 Å². The number of alkyl halides is 3. The van der Waals surface area contributed by atoms with E-state index in [9.17, 15) is 27.9 Å². The monoisotopic (exact) mass is 504 g/mol. The number of nitrogens with one attached hydrogen (secondary N) is 1. The molecule has 1 aliphatic carbocycles. The Labute approximate surface area is 203 Å². The fourth-order valence-corrected chi connectivity index (χ4v) is 3.70. The molecule has 1 aromatic carbocycles. The van der Waals surface area contributed by atoms with Gasteiger partial charge < -0.3 is 19.9 Å². The van der Waals surface area contributed by atoms with Gasteiger partial charge in [-0.3, -0.25) is 14.2 Å². The molecule has 0 amide bonds. The first-order valence-corrected chi connectivity index (χ1v) is 10.9. The van der Waals surface area contributed by atoms with E-state index in [0.717, 1.165) is 18.2 Å². The molecule has 0 radical (unpaired) electrons. The zero-order valence-corrected chi connectivity index (χ0v) is 19.6. The van der Waals surface area contributed by atoms with E-state index in [-0.39, 0.29) is 29.7 Å². The predicted molar refractivity (Wildman–Crippen MR) is 123 cm³/mol. The van der Waals surface area contributed by atoms with E-state index in [0.29, 0.717) is 29.8 Å². The van der Waals surface area contributed by atoms with Crippen LogP contribution in [0.2, 0.25) is 0 Å². The van der Waals surface area contributed by atoms with Gasteiger partial charge in [-0.15, -0.1) is 0 Å². The maximum absolute atomic E-state index is 13.1. The number of ether oxygens (including phenoxy) is 2. The second kappa shape index (κ2) is 9.17. The molecule has 9 nitrogen and oxygen atoms in total. The van der Waals surface area contributed by atoms with Gasteiger partial charge in [0.05, 0.1) is 24.1 Å². The van der Waals surface area contributed by atoms with Gasteiger partial charge >= 0.3 is 12.1 Å². The fourth-order valence-electron chi connectivity index (χ4n) is 3.70. The number of benzene rings is 1. The van der Waals surface area contributed by atoms with Crippen LogP contribution < -0.4 is 20.3 Å². The van der Waals surface area contributed by atoms with Crippen molar-refractivity contribution < 1.29 is 32.5 Å². The number of pyridine rings is 1. The molecule has 2 heterocycles. The molecule has 0 atom stereocenters. The van der Waals surface area contributed by atoms with Crippen LogP contribution >= 0.6 is 0 Å². The molecule has 0 spiro atoms. The smallest absolute Gasteiger partial charge is 0.416 e. The Morgan fingerprint density at radius 2 is 1.97 bits per heavy atom. The number of carboxylic acids is 1. The van der Waals surface area contributed by atoms with Gasteiger partial charge in [0, 0.05) is 12.4 Å². The quantitative estimate of drug-likeness (QED) is 0.468. The van der Waals surface area contributed by atoms with Crippen molar-refractivity contribution in [3.8, 4) is 17.3 Å². The highest BCUT2D eigenvalue weighted by atomic mass is 19.4. The molecule has 0 unspecified atom stereocenters. The van der Waals surface area contributed by atoms with Gasteiger partial charge in [0.25, 0.3) is 5.56 Å². The van der Waals surface area contributed by atoms with Crippen molar-refractivity contribution in [2.24, 2.45) is 5.41 Å². The Kier molecular flexibility index (Phi) is 6.37. The standard InChI is InChI=1S/C24H23F3N4O5/c1-13-10-18(29-14(2)19(13)36-12-23(6-7-23)22(33)34)31-9-8-28-20(21(31)32)30-16-5-4-15(24(25,26)27)11-17(16)35-3/h4-5,8-11H,6-7,12H2,1-3H3,(H,28,30)(H,33,34). The number of rotatable bonds is 8. The summed E-state index contributed by atoms with van der Waals surface area (Å²) >= 11 is 0. The number of carbonyl (C=O) groups is 1. The molecule has 1 fully saturated rings. The van der Waals surface area contributed by atoms with E-state index in [1.165, 1.54) is 24.1 Å². The number of hydrogen-bond acceptors (Lipinski definition) is 7. The van der Waals surface area contributed by atoms with Gasteiger partial charge in [-0.1, -0.05) is 0 Å². The molecule has 0 bridgehead atoms. The lowest BCUT2D eigenvalue weighted by molar-refractivity contribution is -0.144. The summed E-state index contributed by atoms with van der Waals surface area (Å²) in [6, 6.07) is 4.47. The molecule has 190 valence electrons. The molecule has 0 aliphatic heterocycles. The third kappa shape index (κ3) is 4.83. The normalized spacial score (nSPS) is 14.3. The number of aromatic nitrogens is 3.